The van der Waals surface area contributed by atoms with E-state index in [1.54, 1.807) is 0 Å². The Morgan fingerprint density at radius 1 is 1.36 bits per heavy atom. The maximum Gasteiger partial charge on any atom is 0.390 e. The van der Waals surface area contributed by atoms with Gasteiger partial charge in [-0.3, -0.25) is 0 Å². The Kier molecular flexibility index (Phi) is 3.10. The fourth-order valence-corrected chi connectivity index (χ4v) is 0.801. The molecule has 1 aromatic rings. The molecule has 3 N–H and O–H groups in total. The number of aromatic nitrogens is 2. The van der Waals surface area contributed by atoms with Gasteiger partial charge >= 0.3 is 6.18 Å². The van der Waals surface area contributed by atoms with Crippen LogP contribution in [0.25, 0.3) is 0 Å². The molecule has 1 aromatic heterocycles. The van der Waals surface area contributed by atoms with Crippen molar-refractivity contribution in [2.45, 2.75) is 12.6 Å². The summed E-state index contributed by atoms with van der Waals surface area (Å²) in [6, 6.07) is 1.37. The van der Waals surface area contributed by atoms with Crippen molar-refractivity contribution in [3.05, 3.63) is 12.4 Å². The Morgan fingerprint density at radius 3 is 2.64 bits per heavy atom. The van der Waals surface area contributed by atoms with Crippen LogP contribution >= 0.6 is 0 Å². The molecule has 0 saturated carbocycles. The minimum atomic E-state index is -4.16. The molecule has 14 heavy (non-hydrogen) atoms. The molecule has 4 nitrogen and oxygen atoms in total. The highest BCUT2D eigenvalue weighted by molar-refractivity contribution is 5.43. The molecule has 0 radical (unpaired) electrons. The van der Waals surface area contributed by atoms with Gasteiger partial charge in [-0.15, -0.1) is 0 Å². The summed E-state index contributed by atoms with van der Waals surface area (Å²) in [4.78, 5) is 7.29. The van der Waals surface area contributed by atoms with Gasteiger partial charge in [0.2, 0.25) is 0 Å². The van der Waals surface area contributed by atoms with Crippen LogP contribution in [0.4, 0.5) is 24.8 Å². The number of halogens is 3. The van der Waals surface area contributed by atoms with Crippen molar-refractivity contribution in [2.75, 3.05) is 17.6 Å². The zero-order chi connectivity index (χ0) is 10.6. The third-order valence-corrected chi connectivity index (χ3v) is 1.40. The first kappa shape index (κ1) is 10.6. The van der Waals surface area contributed by atoms with Crippen LogP contribution in [0.1, 0.15) is 6.42 Å². The van der Waals surface area contributed by atoms with Crippen LogP contribution in [0.2, 0.25) is 0 Å². The summed E-state index contributed by atoms with van der Waals surface area (Å²) in [5, 5.41) is 2.49. The SMILES string of the molecule is Nc1cc(NCCC(F)(F)F)ncn1. The third kappa shape index (κ3) is 3.92. The van der Waals surface area contributed by atoms with Gasteiger partial charge in [0.05, 0.1) is 6.42 Å². The molecular formula is C7H9F3N4. The molecule has 0 bridgehead atoms. The smallest absolute Gasteiger partial charge is 0.384 e. The van der Waals surface area contributed by atoms with Crippen LogP contribution in [0.15, 0.2) is 12.4 Å². The predicted octanol–water partition coefficient (Wildman–Crippen LogP) is 1.42. The summed E-state index contributed by atoms with van der Waals surface area (Å²) in [5.74, 6) is 0.510. The lowest BCUT2D eigenvalue weighted by molar-refractivity contribution is -0.131. The second kappa shape index (κ2) is 4.12. The van der Waals surface area contributed by atoms with E-state index in [9.17, 15) is 13.2 Å². The molecule has 0 aliphatic rings. The Balaban J connectivity index is 2.39. The van der Waals surface area contributed by atoms with Gasteiger partial charge in [-0.05, 0) is 0 Å². The van der Waals surface area contributed by atoms with Crippen molar-refractivity contribution in [2.24, 2.45) is 0 Å². The van der Waals surface area contributed by atoms with Crippen molar-refractivity contribution >= 4 is 11.6 Å². The maximum atomic E-state index is 11.7. The number of nitrogens with one attached hydrogen (secondary N) is 1. The molecule has 0 saturated heterocycles. The maximum absolute atomic E-state index is 11.7. The summed E-state index contributed by atoms with van der Waals surface area (Å²) in [6.45, 7) is -0.222. The van der Waals surface area contributed by atoms with Gasteiger partial charge in [0, 0.05) is 12.6 Å². The molecule has 0 amide bonds. The highest BCUT2D eigenvalue weighted by Crippen LogP contribution is 2.19. The number of nitrogen functional groups attached to an aromatic ring is 1. The lowest BCUT2D eigenvalue weighted by atomic mass is 10.4. The second-order valence-corrected chi connectivity index (χ2v) is 2.62. The fourth-order valence-electron chi connectivity index (χ4n) is 0.801. The van der Waals surface area contributed by atoms with Crippen LogP contribution < -0.4 is 11.1 Å². The topological polar surface area (TPSA) is 63.8 Å². The standard InChI is InChI=1S/C7H9F3N4/c8-7(9,10)1-2-12-6-3-5(11)13-4-14-6/h3-4H,1-2H2,(H3,11,12,13,14). The Bertz CT molecular complexity index is 299. The first-order chi connectivity index (χ1) is 6.47. The van der Waals surface area contributed by atoms with E-state index >= 15 is 0 Å². The molecule has 0 unspecified atom stereocenters. The van der Waals surface area contributed by atoms with Crippen molar-refractivity contribution < 1.29 is 13.2 Å². The number of hydrogen-bond acceptors (Lipinski definition) is 4. The van der Waals surface area contributed by atoms with E-state index in [1.807, 2.05) is 0 Å². The van der Waals surface area contributed by atoms with Crippen molar-refractivity contribution in [3.8, 4) is 0 Å². The van der Waals surface area contributed by atoms with E-state index in [4.69, 9.17) is 5.73 Å². The Morgan fingerprint density at radius 2 is 2.07 bits per heavy atom. The first-order valence-corrected chi connectivity index (χ1v) is 3.85. The summed E-state index contributed by atoms with van der Waals surface area (Å²) in [7, 11) is 0. The Labute approximate surface area is 78.4 Å². The van der Waals surface area contributed by atoms with Crippen LogP contribution in [0.5, 0.6) is 0 Å². The molecule has 0 spiro atoms. The summed E-state index contributed by atoms with van der Waals surface area (Å²) >= 11 is 0. The molecule has 7 heteroatoms. The van der Waals surface area contributed by atoms with Crippen molar-refractivity contribution in [3.63, 3.8) is 0 Å². The number of rotatable bonds is 3. The number of hydrogen-bond donors (Lipinski definition) is 2. The molecular weight excluding hydrogens is 197 g/mol. The van der Waals surface area contributed by atoms with E-state index in [1.165, 1.54) is 12.4 Å². The molecule has 0 aliphatic heterocycles. The molecule has 0 atom stereocenters. The third-order valence-electron chi connectivity index (χ3n) is 1.40. The quantitative estimate of drug-likeness (QED) is 0.785. The lowest BCUT2D eigenvalue weighted by Crippen LogP contribution is -2.15. The fraction of sp³-hybridized carbons (Fsp3) is 0.429. The van der Waals surface area contributed by atoms with Crippen LogP contribution in [0, 0.1) is 0 Å². The van der Waals surface area contributed by atoms with Crippen LogP contribution in [0.3, 0.4) is 0 Å². The lowest BCUT2D eigenvalue weighted by Gasteiger charge is -2.07. The number of nitrogens with zero attached hydrogens (tertiary/aromatic N) is 2. The molecule has 0 fully saturated rings. The summed E-state index contributed by atoms with van der Waals surface area (Å²) in [5.41, 5.74) is 5.30. The van der Waals surface area contributed by atoms with Crippen molar-refractivity contribution in [1.29, 1.82) is 0 Å². The van der Waals surface area contributed by atoms with Crippen molar-refractivity contribution in [1.82, 2.24) is 9.97 Å². The zero-order valence-corrected chi connectivity index (χ0v) is 7.17. The monoisotopic (exact) mass is 206 g/mol. The zero-order valence-electron chi connectivity index (χ0n) is 7.17. The predicted molar refractivity (Wildman–Crippen MR) is 45.6 cm³/mol. The normalized spacial score (nSPS) is 11.4. The average molecular weight is 206 g/mol. The van der Waals surface area contributed by atoms with Crippen LogP contribution in [-0.2, 0) is 0 Å². The molecule has 1 heterocycles. The minimum Gasteiger partial charge on any atom is -0.384 e. The van der Waals surface area contributed by atoms with Gasteiger partial charge in [0.1, 0.15) is 18.0 Å². The van der Waals surface area contributed by atoms with Gasteiger partial charge in [-0.25, -0.2) is 9.97 Å². The summed E-state index contributed by atoms with van der Waals surface area (Å²) < 4.78 is 35.2. The van der Waals surface area contributed by atoms with Gasteiger partial charge in [0.25, 0.3) is 0 Å². The van der Waals surface area contributed by atoms with E-state index in [-0.39, 0.29) is 12.4 Å². The van der Waals surface area contributed by atoms with E-state index in [0.29, 0.717) is 5.82 Å². The van der Waals surface area contributed by atoms with Gasteiger partial charge < -0.3 is 11.1 Å². The first-order valence-electron chi connectivity index (χ1n) is 3.85. The molecule has 0 aromatic carbocycles. The average Bonchev–Trinajstić information content (AvgIpc) is 2.01. The minimum absolute atomic E-state index is 0.217. The van der Waals surface area contributed by atoms with E-state index in [2.05, 4.69) is 15.3 Å². The second-order valence-electron chi connectivity index (χ2n) is 2.62. The van der Waals surface area contributed by atoms with E-state index < -0.39 is 12.6 Å². The molecule has 1 rings (SSSR count). The number of anilines is 2. The number of nitrogens with two attached hydrogens (primary N) is 1. The Hall–Kier alpha value is -1.53. The highest BCUT2D eigenvalue weighted by Gasteiger charge is 2.26. The highest BCUT2D eigenvalue weighted by atomic mass is 19.4. The molecule has 0 aliphatic carbocycles. The largest absolute Gasteiger partial charge is 0.390 e. The van der Waals surface area contributed by atoms with Gasteiger partial charge in [0.15, 0.2) is 0 Å². The van der Waals surface area contributed by atoms with Gasteiger partial charge in [-0.1, -0.05) is 0 Å². The molecule has 78 valence electrons. The van der Waals surface area contributed by atoms with Gasteiger partial charge in [-0.2, -0.15) is 13.2 Å². The van der Waals surface area contributed by atoms with Crippen LogP contribution in [-0.4, -0.2) is 22.7 Å². The summed E-state index contributed by atoms with van der Waals surface area (Å²) in [6.07, 6.45) is -3.88. The number of alkyl halides is 3. The van der Waals surface area contributed by atoms with E-state index in [0.717, 1.165) is 0 Å².